The molecule has 0 radical (unpaired) electrons. The highest BCUT2D eigenvalue weighted by atomic mass is 32.2. The van der Waals surface area contributed by atoms with Crippen LogP contribution in [0, 0.1) is 5.82 Å². The maximum Gasteiger partial charge on any atom is 0.264 e. The van der Waals surface area contributed by atoms with Gasteiger partial charge in [0.05, 0.1) is 21.4 Å². The second-order valence-corrected chi connectivity index (χ2v) is 7.66. The molecule has 0 saturated carbocycles. The average Bonchev–Trinajstić information content (AvgIpc) is 2.55. The molecule has 0 aromatic heterocycles. The van der Waals surface area contributed by atoms with E-state index in [4.69, 9.17) is 0 Å². The molecular weight excluding hydrogens is 347 g/mol. The van der Waals surface area contributed by atoms with Crippen LogP contribution >= 0.6 is 12.2 Å². The molecule has 1 atom stereocenters. The molecule has 1 aliphatic rings. The van der Waals surface area contributed by atoms with Crippen molar-refractivity contribution in [3.8, 4) is 0 Å². The van der Waals surface area contributed by atoms with Gasteiger partial charge in [0.15, 0.2) is 0 Å². The maximum atomic E-state index is 13.5. The summed E-state index contributed by atoms with van der Waals surface area (Å²) in [6, 6.07) is 10.2. The first kappa shape index (κ1) is 16.8. The van der Waals surface area contributed by atoms with Crippen molar-refractivity contribution in [1.82, 2.24) is 0 Å². The lowest BCUT2D eigenvalue weighted by Gasteiger charge is -2.36. The number of hydrogen-bond acceptors (Lipinski definition) is 4. The number of aliphatic imine (C=N–C) groups is 1. The van der Waals surface area contributed by atoms with Crippen LogP contribution in [0.2, 0.25) is 0 Å². The number of sulfonamides is 1. The van der Waals surface area contributed by atoms with Crippen molar-refractivity contribution in [3.05, 3.63) is 53.8 Å². The number of isothiocyanates is 1. The third-order valence-corrected chi connectivity index (χ3v) is 6.11. The number of rotatable bonds is 3. The lowest BCUT2D eigenvalue weighted by molar-refractivity contribution is 0.560. The van der Waals surface area contributed by atoms with Gasteiger partial charge in [0, 0.05) is 6.04 Å². The number of fused-ring (bicyclic) bond motifs is 1. The van der Waals surface area contributed by atoms with Gasteiger partial charge in [0.2, 0.25) is 0 Å². The molecule has 0 spiro atoms. The van der Waals surface area contributed by atoms with Crippen LogP contribution in [0.25, 0.3) is 0 Å². The summed E-state index contributed by atoms with van der Waals surface area (Å²) in [6.07, 6.45) is 1.30. The number of halogens is 1. The zero-order valence-corrected chi connectivity index (χ0v) is 14.6. The fraction of sp³-hybridized carbons (Fsp3) is 0.235. The van der Waals surface area contributed by atoms with Crippen molar-refractivity contribution in [2.45, 2.75) is 30.7 Å². The van der Waals surface area contributed by atoms with E-state index < -0.39 is 10.0 Å². The Bertz CT molecular complexity index is 920. The van der Waals surface area contributed by atoms with Crippen molar-refractivity contribution in [1.29, 1.82) is 0 Å². The summed E-state index contributed by atoms with van der Waals surface area (Å²) in [5.74, 6) is -0.358. The summed E-state index contributed by atoms with van der Waals surface area (Å²) in [7, 11) is -3.75. The van der Waals surface area contributed by atoms with E-state index in [2.05, 4.69) is 22.4 Å². The zero-order chi connectivity index (χ0) is 17.3. The molecule has 0 unspecified atom stereocenters. The van der Waals surface area contributed by atoms with Gasteiger partial charge in [-0.3, -0.25) is 4.31 Å². The molecule has 1 heterocycles. The van der Waals surface area contributed by atoms with Gasteiger partial charge >= 0.3 is 0 Å². The van der Waals surface area contributed by atoms with Gasteiger partial charge in [-0.05, 0) is 80.0 Å². The Hall–Kier alpha value is -2.08. The normalized spacial score (nSPS) is 17.1. The zero-order valence-electron chi connectivity index (χ0n) is 12.9. The molecule has 7 heteroatoms. The molecule has 0 fully saturated rings. The monoisotopic (exact) mass is 362 g/mol. The third-order valence-electron chi connectivity index (χ3n) is 4.08. The quantitative estimate of drug-likeness (QED) is 0.610. The van der Waals surface area contributed by atoms with E-state index in [1.807, 2.05) is 6.92 Å². The van der Waals surface area contributed by atoms with Gasteiger partial charge in [0.25, 0.3) is 10.0 Å². The van der Waals surface area contributed by atoms with Gasteiger partial charge in [-0.25, -0.2) is 12.8 Å². The highest BCUT2D eigenvalue weighted by Gasteiger charge is 2.33. The lowest BCUT2D eigenvalue weighted by atomic mass is 9.99. The Kier molecular flexibility index (Phi) is 4.49. The van der Waals surface area contributed by atoms with Gasteiger partial charge in [0.1, 0.15) is 5.82 Å². The summed E-state index contributed by atoms with van der Waals surface area (Å²) in [4.78, 5) is 3.98. The summed E-state index contributed by atoms with van der Waals surface area (Å²) in [6.45, 7) is 1.86. The van der Waals surface area contributed by atoms with Crippen LogP contribution in [0.1, 0.15) is 18.9 Å². The van der Waals surface area contributed by atoms with Crippen molar-refractivity contribution in [2.24, 2.45) is 4.99 Å². The highest BCUT2D eigenvalue weighted by molar-refractivity contribution is 7.92. The van der Waals surface area contributed by atoms with Crippen molar-refractivity contribution >= 4 is 38.8 Å². The van der Waals surface area contributed by atoms with Gasteiger partial charge in [-0.2, -0.15) is 4.99 Å². The van der Waals surface area contributed by atoms with Crippen molar-refractivity contribution in [3.63, 3.8) is 0 Å². The second-order valence-electron chi connectivity index (χ2n) is 5.66. The number of anilines is 1. The number of aryl methyl sites for hydroxylation is 1. The first-order chi connectivity index (χ1) is 11.4. The largest absolute Gasteiger partial charge is 0.264 e. The fourth-order valence-electron chi connectivity index (χ4n) is 2.91. The van der Waals surface area contributed by atoms with E-state index in [1.54, 1.807) is 12.1 Å². The minimum Gasteiger partial charge on any atom is -0.263 e. The molecule has 1 aliphatic heterocycles. The van der Waals surface area contributed by atoms with Crippen LogP contribution in [-0.2, 0) is 16.4 Å². The molecule has 24 heavy (non-hydrogen) atoms. The summed E-state index contributed by atoms with van der Waals surface area (Å²) in [5.41, 5.74) is 1.79. The summed E-state index contributed by atoms with van der Waals surface area (Å²) >= 11 is 4.54. The second kappa shape index (κ2) is 6.43. The Balaban J connectivity index is 2.07. The van der Waals surface area contributed by atoms with Gasteiger partial charge < -0.3 is 0 Å². The number of hydrogen-bond donors (Lipinski definition) is 0. The Morgan fingerprint density at radius 3 is 2.62 bits per heavy atom. The number of nitrogens with zero attached hydrogens (tertiary/aromatic N) is 2. The highest BCUT2D eigenvalue weighted by Crippen LogP contribution is 2.35. The van der Waals surface area contributed by atoms with Crippen LogP contribution < -0.4 is 4.31 Å². The van der Waals surface area contributed by atoms with E-state index in [1.165, 1.54) is 34.6 Å². The Morgan fingerprint density at radius 1 is 1.25 bits per heavy atom. The standard InChI is InChI=1S/C17H15FN2O2S2/c1-12-2-3-13-10-14(18)4-9-17(13)20(12)24(21,22)16-7-5-15(6-8-16)19-11-23/h4-10,12H,2-3H2,1H3/t12-/m1/s1. The molecule has 0 amide bonds. The van der Waals surface area contributed by atoms with E-state index in [0.29, 0.717) is 29.8 Å². The predicted octanol–water partition coefficient (Wildman–Crippen LogP) is 4.09. The molecule has 2 aromatic carbocycles. The summed E-state index contributed by atoms with van der Waals surface area (Å²) < 4.78 is 41.0. The van der Waals surface area contributed by atoms with Gasteiger partial charge in [-0.1, -0.05) is 0 Å². The van der Waals surface area contributed by atoms with Crippen molar-refractivity contribution in [2.75, 3.05) is 4.31 Å². The Morgan fingerprint density at radius 2 is 1.96 bits per heavy atom. The molecule has 4 nitrogen and oxygen atoms in total. The van der Waals surface area contributed by atoms with E-state index in [0.717, 1.165) is 0 Å². The molecule has 2 aromatic rings. The molecule has 3 rings (SSSR count). The maximum absolute atomic E-state index is 13.5. The Labute approximate surface area is 145 Å². The number of thiocarbonyl (C=S) groups is 1. The predicted molar refractivity (Wildman–Crippen MR) is 95.0 cm³/mol. The van der Waals surface area contributed by atoms with Crippen LogP contribution in [0.5, 0.6) is 0 Å². The minimum absolute atomic E-state index is 0.162. The first-order valence-corrected chi connectivity index (χ1v) is 9.29. The van der Waals surface area contributed by atoms with Crippen LogP contribution in [0.15, 0.2) is 52.4 Å². The first-order valence-electron chi connectivity index (χ1n) is 7.44. The number of benzene rings is 2. The van der Waals surface area contributed by atoms with E-state index >= 15 is 0 Å². The average molecular weight is 362 g/mol. The molecule has 124 valence electrons. The van der Waals surface area contributed by atoms with E-state index in [-0.39, 0.29) is 16.8 Å². The molecular formula is C17H15FN2O2S2. The van der Waals surface area contributed by atoms with Crippen molar-refractivity contribution < 1.29 is 12.8 Å². The fourth-order valence-corrected chi connectivity index (χ4v) is 4.74. The van der Waals surface area contributed by atoms with Gasteiger partial charge in [-0.15, -0.1) is 0 Å². The summed E-state index contributed by atoms with van der Waals surface area (Å²) in [5, 5.41) is 2.24. The van der Waals surface area contributed by atoms with Crippen LogP contribution in [-0.4, -0.2) is 19.6 Å². The van der Waals surface area contributed by atoms with E-state index in [9.17, 15) is 12.8 Å². The third kappa shape index (κ3) is 2.98. The smallest absolute Gasteiger partial charge is 0.263 e. The SMILES string of the molecule is C[C@@H]1CCc2cc(F)ccc2N1S(=O)(=O)c1ccc(N=C=S)cc1. The topological polar surface area (TPSA) is 49.7 Å². The molecule has 0 saturated heterocycles. The molecule has 0 bridgehead atoms. The molecule has 0 aliphatic carbocycles. The minimum atomic E-state index is -3.75. The van der Waals surface area contributed by atoms with Crippen LogP contribution in [0.3, 0.4) is 0 Å². The lowest BCUT2D eigenvalue weighted by Crippen LogP contribution is -2.42. The van der Waals surface area contributed by atoms with Crippen LogP contribution in [0.4, 0.5) is 15.8 Å². The molecule has 0 N–H and O–H groups in total.